The molecule has 0 aromatic heterocycles. The van der Waals surface area contributed by atoms with E-state index in [4.69, 9.17) is 0 Å². The summed E-state index contributed by atoms with van der Waals surface area (Å²) < 4.78 is 0. The van der Waals surface area contributed by atoms with Crippen LogP contribution in [-0.2, 0) is 0 Å². The fourth-order valence-corrected chi connectivity index (χ4v) is 3.24. The van der Waals surface area contributed by atoms with Crippen LogP contribution in [0.25, 0.3) is 0 Å². The molecule has 0 radical (unpaired) electrons. The first-order valence-electron chi connectivity index (χ1n) is 6.46. The highest BCUT2D eigenvalue weighted by Gasteiger charge is 2.20. The molecule has 108 valence electrons. The Morgan fingerprint density at radius 3 is 2.90 bits per heavy atom. The Balaban J connectivity index is 2.18. The molecule has 1 amide bonds. The quantitative estimate of drug-likeness (QED) is 0.657. The summed E-state index contributed by atoms with van der Waals surface area (Å²) in [6, 6.07) is 4.41. The average molecular weight is 295 g/mol. The predicted octanol–water partition coefficient (Wildman–Crippen LogP) is 2.26. The molecule has 7 heteroatoms. The zero-order valence-electron chi connectivity index (χ0n) is 11.2. The Kier molecular flexibility index (Phi) is 4.84. The van der Waals surface area contributed by atoms with Gasteiger partial charge in [0.05, 0.1) is 10.5 Å². The van der Waals surface area contributed by atoms with Gasteiger partial charge in [0.25, 0.3) is 11.6 Å². The van der Waals surface area contributed by atoms with Crippen molar-refractivity contribution in [3.8, 4) is 0 Å². The van der Waals surface area contributed by atoms with Crippen molar-refractivity contribution in [1.82, 2.24) is 5.32 Å². The topological polar surface area (TPSA) is 84.3 Å². The Morgan fingerprint density at radius 2 is 2.30 bits per heavy atom. The van der Waals surface area contributed by atoms with Crippen molar-refractivity contribution in [2.24, 2.45) is 0 Å². The van der Waals surface area contributed by atoms with Gasteiger partial charge in [0.1, 0.15) is 0 Å². The summed E-state index contributed by atoms with van der Waals surface area (Å²) in [6.07, 6.45) is 2.05. The number of benzene rings is 1. The summed E-state index contributed by atoms with van der Waals surface area (Å²) in [7, 11) is 1.69. The Morgan fingerprint density at radius 1 is 1.50 bits per heavy atom. The summed E-state index contributed by atoms with van der Waals surface area (Å²) in [5, 5.41) is 16.7. The molecule has 2 rings (SSSR count). The smallest absolute Gasteiger partial charge is 0.270 e. The van der Waals surface area contributed by atoms with Gasteiger partial charge < -0.3 is 10.6 Å². The number of rotatable bonds is 4. The summed E-state index contributed by atoms with van der Waals surface area (Å²) in [5.74, 6) is 1.77. The molecule has 1 saturated heterocycles. The van der Waals surface area contributed by atoms with E-state index in [1.54, 1.807) is 13.1 Å². The minimum Gasteiger partial charge on any atom is -0.387 e. The highest BCUT2D eigenvalue weighted by molar-refractivity contribution is 7.99. The van der Waals surface area contributed by atoms with Gasteiger partial charge in [-0.2, -0.15) is 11.8 Å². The van der Waals surface area contributed by atoms with Gasteiger partial charge in [-0.15, -0.1) is 0 Å². The number of non-ortho nitro benzene ring substituents is 1. The fraction of sp³-hybridized carbons (Fsp3) is 0.462. The number of hydrogen-bond donors (Lipinski definition) is 2. The molecule has 1 aromatic carbocycles. The number of hydrogen-bond acceptors (Lipinski definition) is 5. The minimum atomic E-state index is -0.493. The van der Waals surface area contributed by atoms with Crippen molar-refractivity contribution in [2.75, 3.05) is 23.9 Å². The zero-order valence-corrected chi connectivity index (χ0v) is 12.0. The second-order valence-electron chi connectivity index (χ2n) is 4.62. The Hall–Kier alpha value is -1.76. The molecule has 1 atom stereocenters. The molecule has 1 aromatic rings. The first kappa shape index (κ1) is 14.6. The molecule has 1 unspecified atom stereocenters. The van der Waals surface area contributed by atoms with E-state index in [1.165, 1.54) is 12.1 Å². The van der Waals surface area contributed by atoms with Gasteiger partial charge in [-0.05, 0) is 24.7 Å². The number of carbonyl (C=O) groups excluding carboxylic acids is 1. The van der Waals surface area contributed by atoms with Crippen LogP contribution in [0.2, 0.25) is 0 Å². The standard InChI is InChI=1S/C13H17N3O3S/c1-14-12-5-4-10(16(18)19)7-11(12)13(17)15-9-3-2-6-20-8-9/h4-5,7,9,14H,2-3,6,8H2,1H3,(H,15,17). The van der Waals surface area contributed by atoms with Crippen molar-refractivity contribution < 1.29 is 9.72 Å². The van der Waals surface area contributed by atoms with Crippen molar-refractivity contribution in [3.05, 3.63) is 33.9 Å². The van der Waals surface area contributed by atoms with Crippen LogP contribution in [-0.4, -0.2) is 35.4 Å². The van der Waals surface area contributed by atoms with Crippen LogP contribution in [0.1, 0.15) is 23.2 Å². The van der Waals surface area contributed by atoms with E-state index >= 15 is 0 Å². The molecule has 20 heavy (non-hydrogen) atoms. The van der Waals surface area contributed by atoms with E-state index < -0.39 is 4.92 Å². The summed E-state index contributed by atoms with van der Waals surface area (Å²) in [6.45, 7) is 0. The second kappa shape index (κ2) is 6.60. The Labute approximate surface area is 121 Å². The average Bonchev–Trinajstić information content (AvgIpc) is 2.47. The van der Waals surface area contributed by atoms with Crippen LogP contribution < -0.4 is 10.6 Å². The number of nitrogens with zero attached hydrogens (tertiary/aromatic N) is 1. The SMILES string of the molecule is CNc1ccc([N+](=O)[O-])cc1C(=O)NC1CCCSC1. The van der Waals surface area contributed by atoms with Gasteiger partial charge in [0.15, 0.2) is 0 Å². The van der Waals surface area contributed by atoms with E-state index in [1.807, 2.05) is 11.8 Å². The lowest BCUT2D eigenvalue weighted by molar-refractivity contribution is -0.384. The van der Waals surface area contributed by atoms with Gasteiger partial charge >= 0.3 is 0 Å². The number of amides is 1. The molecule has 1 heterocycles. The number of carbonyl (C=O) groups is 1. The van der Waals surface area contributed by atoms with E-state index in [2.05, 4.69) is 10.6 Å². The lowest BCUT2D eigenvalue weighted by Gasteiger charge is -2.23. The van der Waals surface area contributed by atoms with Crippen molar-refractivity contribution in [3.63, 3.8) is 0 Å². The largest absolute Gasteiger partial charge is 0.387 e. The maximum Gasteiger partial charge on any atom is 0.270 e. The van der Waals surface area contributed by atoms with Crippen LogP contribution >= 0.6 is 11.8 Å². The van der Waals surface area contributed by atoms with Crippen molar-refractivity contribution in [1.29, 1.82) is 0 Å². The maximum atomic E-state index is 12.3. The minimum absolute atomic E-state index is 0.0767. The van der Waals surface area contributed by atoms with Crippen LogP contribution in [0.15, 0.2) is 18.2 Å². The summed E-state index contributed by atoms with van der Waals surface area (Å²) in [4.78, 5) is 22.6. The van der Waals surface area contributed by atoms with Crippen LogP contribution in [0.5, 0.6) is 0 Å². The number of nitro groups is 1. The molecule has 0 saturated carbocycles. The van der Waals surface area contributed by atoms with Gasteiger partial charge in [-0.1, -0.05) is 0 Å². The fourth-order valence-electron chi connectivity index (χ4n) is 2.17. The highest BCUT2D eigenvalue weighted by Crippen LogP contribution is 2.23. The van der Waals surface area contributed by atoms with Gasteiger partial charge in [-0.3, -0.25) is 14.9 Å². The molecule has 1 fully saturated rings. The molecule has 6 nitrogen and oxygen atoms in total. The van der Waals surface area contributed by atoms with Crippen LogP contribution in [0, 0.1) is 10.1 Å². The highest BCUT2D eigenvalue weighted by atomic mass is 32.2. The summed E-state index contributed by atoms with van der Waals surface area (Å²) in [5.41, 5.74) is 0.834. The molecule has 1 aliphatic heterocycles. The number of thioether (sulfide) groups is 1. The van der Waals surface area contributed by atoms with E-state index in [9.17, 15) is 14.9 Å². The third kappa shape index (κ3) is 3.41. The number of nitro benzene ring substituents is 1. The molecule has 1 aliphatic rings. The normalized spacial score (nSPS) is 18.4. The zero-order chi connectivity index (χ0) is 14.5. The van der Waals surface area contributed by atoms with Crippen molar-refractivity contribution in [2.45, 2.75) is 18.9 Å². The third-order valence-electron chi connectivity index (χ3n) is 3.22. The number of nitrogens with one attached hydrogen (secondary N) is 2. The first-order valence-corrected chi connectivity index (χ1v) is 7.62. The van der Waals surface area contributed by atoms with Gasteiger partial charge in [0.2, 0.25) is 0 Å². The van der Waals surface area contributed by atoms with E-state index in [-0.39, 0.29) is 17.6 Å². The van der Waals surface area contributed by atoms with Gasteiger partial charge in [0, 0.05) is 36.7 Å². The third-order valence-corrected chi connectivity index (χ3v) is 4.44. The first-order chi connectivity index (χ1) is 9.61. The van der Waals surface area contributed by atoms with Crippen LogP contribution in [0.3, 0.4) is 0 Å². The second-order valence-corrected chi connectivity index (χ2v) is 5.77. The molecule has 0 bridgehead atoms. The van der Waals surface area contributed by atoms with E-state index in [0.717, 1.165) is 24.3 Å². The molecule has 0 spiro atoms. The van der Waals surface area contributed by atoms with E-state index in [0.29, 0.717) is 11.3 Å². The molecular weight excluding hydrogens is 278 g/mol. The predicted molar refractivity (Wildman–Crippen MR) is 80.5 cm³/mol. The molecule has 0 aliphatic carbocycles. The van der Waals surface area contributed by atoms with Crippen LogP contribution in [0.4, 0.5) is 11.4 Å². The van der Waals surface area contributed by atoms with Gasteiger partial charge in [-0.25, -0.2) is 0 Å². The summed E-state index contributed by atoms with van der Waals surface area (Å²) >= 11 is 1.82. The Bertz CT molecular complexity index is 516. The number of anilines is 1. The lowest BCUT2D eigenvalue weighted by Crippen LogP contribution is -2.38. The van der Waals surface area contributed by atoms with Crippen molar-refractivity contribution >= 4 is 29.0 Å². The lowest BCUT2D eigenvalue weighted by atomic mass is 10.1. The monoisotopic (exact) mass is 295 g/mol. The molecular formula is C13H17N3O3S. The molecule has 2 N–H and O–H groups in total. The maximum absolute atomic E-state index is 12.3.